The van der Waals surface area contributed by atoms with Crippen LogP contribution >= 0.6 is 0 Å². The summed E-state index contributed by atoms with van der Waals surface area (Å²) in [6, 6.07) is 15.7. The van der Waals surface area contributed by atoms with Gasteiger partial charge in [0.2, 0.25) is 5.91 Å². The van der Waals surface area contributed by atoms with Crippen LogP contribution in [0.25, 0.3) is 11.1 Å². The first kappa shape index (κ1) is 22.4. The van der Waals surface area contributed by atoms with Crippen LogP contribution in [0.3, 0.4) is 0 Å². The number of rotatable bonds is 8. The average Bonchev–Trinajstić information content (AvgIpc) is 3.47. The fourth-order valence-corrected chi connectivity index (χ4v) is 5.50. The Kier molecular flexibility index (Phi) is 6.26. The van der Waals surface area contributed by atoms with Crippen molar-refractivity contribution in [1.29, 1.82) is 0 Å². The summed E-state index contributed by atoms with van der Waals surface area (Å²) in [6.45, 7) is 1.10. The predicted molar refractivity (Wildman–Crippen MR) is 126 cm³/mol. The number of nitrogens with zero attached hydrogens (tertiary/aromatic N) is 1. The quantitative estimate of drug-likeness (QED) is 0.618. The van der Waals surface area contributed by atoms with E-state index < -0.39 is 18.1 Å². The van der Waals surface area contributed by atoms with Crippen molar-refractivity contribution in [2.45, 2.75) is 44.1 Å². The lowest BCUT2D eigenvalue weighted by Gasteiger charge is -2.24. The number of carbonyl (C=O) groups is 3. The molecule has 1 saturated carbocycles. The first-order chi connectivity index (χ1) is 16.5. The summed E-state index contributed by atoms with van der Waals surface area (Å²) in [4.78, 5) is 38.3. The van der Waals surface area contributed by atoms with Crippen molar-refractivity contribution in [3.05, 3.63) is 59.7 Å². The predicted octanol–water partition coefficient (Wildman–Crippen LogP) is 4.02. The molecule has 2 aliphatic carbocycles. The third-order valence-corrected chi connectivity index (χ3v) is 7.44. The summed E-state index contributed by atoms with van der Waals surface area (Å²) in [6.07, 6.45) is 3.07. The number of fused-ring (bicyclic) bond motifs is 3. The van der Waals surface area contributed by atoms with Gasteiger partial charge in [-0.15, -0.1) is 0 Å². The van der Waals surface area contributed by atoms with Gasteiger partial charge in [0.15, 0.2) is 0 Å². The summed E-state index contributed by atoms with van der Waals surface area (Å²) in [5, 5.41) is 12.2. The SMILES string of the molecule is O=C(NCC(CC(=O)N1CCCC1C(=O)O)C1CC1)OCC1c2ccccc2-c2ccccc21. The van der Waals surface area contributed by atoms with Crippen molar-refractivity contribution < 1.29 is 24.2 Å². The largest absolute Gasteiger partial charge is 0.480 e. The second-order valence-corrected chi connectivity index (χ2v) is 9.59. The molecular weight excluding hydrogens is 432 g/mol. The lowest BCUT2D eigenvalue weighted by atomic mass is 9.98. The molecule has 0 radical (unpaired) electrons. The van der Waals surface area contributed by atoms with Crippen LogP contribution in [0.4, 0.5) is 4.79 Å². The molecule has 34 heavy (non-hydrogen) atoms. The summed E-state index contributed by atoms with van der Waals surface area (Å²) >= 11 is 0. The van der Waals surface area contributed by atoms with Gasteiger partial charge >= 0.3 is 12.1 Å². The lowest BCUT2D eigenvalue weighted by Crippen LogP contribution is -2.42. The maximum Gasteiger partial charge on any atom is 0.407 e. The number of hydrogen-bond donors (Lipinski definition) is 2. The van der Waals surface area contributed by atoms with E-state index in [2.05, 4.69) is 29.6 Å². The standard InChI is InChI=1S/C27H30N2O5/c30-25(29-13-5-10-24(29)26(31)32)14-18(17-11-12-17)15-28-27(33)34-16-23-21-8-3-1-6-19(21)20-7-2-4-9-22(20)23/h1-4,6-9,17-18,23-24H,5,10-16H2,(H,28,33)(H,31,32). The van der Waals surface area contributed by atoms with Gasteiger partial charge in [-0.1, -0.05) is 48.5 Å². The van der Waals surface area contributed by atoms with Crippen molar-refractivity contribution in [3.8, 4) is 11.1 Å². The molecule has 3 aliphatic rings. The van der Waals surface area contributed by atoms with E-state index >= 15 is 0 Å². The van der Waals surface area contributed by atoms with Crippen LogP contribution in [-0.4, -0.2) is 53.7 Å². The highest BCUT2D eigenvalue weighted by molar-refractivity contribution is 5.84. The molecule has 178 valence electrons. The number of ether oxygens (including phenoxy) is 1. The minimum absolute atomic E-state index is 0.00192. The number of carboxylic acid groups (broad SMARTS) is 1. The van der Waals surface area contributed by atoms with Crippen LogP contribution in [0, 0.1) is 11.8 Å². The van der Waals surface area contributed by atoms with E-state index in [0.29, 0.717) is 25.4 Å². The molecule has 1 saturated heterocycles. The Bertz CT molecular complexity index is 1050. The molecular formula is C27H30N2O5. The molecule has 2 unspecified atom stereocenters. The van der Waals surface area contributed by atoms with Crippen LogP contribution in [0.2, 0.25) is 0 Å². The van der Waals surface area contributed by atoms with E-state index in [1.165, 1.54) is 16.0 Å². The summed E-state index contributed by atoms with van der Waals surface area (Å²) in [5.74, 6) is -0.671. The van der Waals surface area contributed by atoms with Gasteiger partial charge in [-0.2, -0.15) is 0 Å². The third-order valence-electron chi connectivity index (χ3n) is 7.44. The number of nitrogens with one attached hydrogen (secondary N) is 1. The average molecular weight is 463 g/mol. The zero-order chi connectivity index (χ0) is 23.7. The van der Waals surface area contributed by atoms with Gasteiger partial charge in [-0.25, -0.2) is 9.59 Å². The monoisotopic (exact) mass is 462 g/mol. The van der Waals surface area contributed by atoms with Gasteiger partial charge in [-0.3, -0.25) is 4.79 Å². The maximum atomic E-state index is 12.8. The van der Waals surface area contributed by atoms with Crippen LogP contribution in [0.1, 0.15) is 49.1 Å². The molecule has 2 aromatic rings. The van der Waals surface area contributed by atoms with E-state index in [1.54, 1.807) is 0 Å². The normalized spacial score (nSPS) is 19.9. The second kappa shape index (κ2) is 9.49. The minimum atomic E-state index is -0.939. The molecule has 2 N–H and O–H groups in total. The molecule has 5 rings (SSSR count). The topological polar surface area (TPSA) is 95.9 Å². The summed E-state index contributed by atoms with van der Waals surface area (Å²) < 4.78 is 5.62. The van der Waals surface area contributed by atoms with Crippen LogP contribution in [-0.2, 0) is 14.3 Å². The highest BCUT2D eigenvalue weighted by Crippen LogP contribution is 2.44. The smallest absolute Gasteiger partial charge is 0.407 e. The number of carboxylic acids is 1. The summed E-state index contributed by atoms with van der Waals surface area (Å²) in [7, 11) is 0. The van der Waals surface area contributed by atoms with Crippen molar-refractivity contribution in [1.82, 2.24) is 10.2 Å². The number of aliphatic carboxylic acids is 1. The molecule has 2 atom stereocenters. The molecule has 2 aromatic carbocycles. The molecule has 0 aromatic heterocycles. The van der Waals surface area contributed by atoms with E-state index in [9.17, 15) is 19.5 Å². The first-order valence-electron chi connectivity index (χ1n) is 12.1. The number of hydrogen-bond acceptors (Lipinski definition) is 4. The lowest BCUT2D eigenvalue weighted by molar-refractivity contribution is -0.148. The van der Waals surface area contributed by atoms with Crippen LogP contribution < -0.4 is 5.32 Å². The number of likely N-dealkylation sites (tertiary alicyclic amines) is 1. The molecule has 1 aliphatic heterocycles. The highest BCUT2D eigenvalue weighted by Gasteiger charge is 2.38. The van der Waals surface area contributed by atoms with E-state index in [1.807, 2.05) is 24.3 Å². The molecule has 0 spiro atoms. The molecule has 1 heterocycles. The van der Waals surface area contributed by atoms with Gasteiger partial charge in [0.25, 0.3) is 0 Å². The van der Waals surface area contributed by atoms with Crippen LogP contribution in [0.5, 0.6) is 0 Å². The third kappa shape index (κ3) is 4.52. The molecule has 7 nitrogen and oxygen atoms in total. The number of benzene rings is 2. The zero-order valence-electron chi connectivity index (χ0n) is 19.1. The van der Waals surface area contributed by atoms with E-state index in [-0.39, 0.29) is 30.8 Å². The fraction of sp³-hybridized carbons (Fsp3) is 0.444. The Balaban J connectivity index is 1.16. The Morgan fingerprint density at radius 2 is 1.65 bits per heavy atom. The highest BCUT2D eigenvalue weighted by atomic mass is 16.5. The van der Waals surface area contributed by atoms with Crippen molar-refractivity contribution >= 4 is 18.0 Å². The Labute approximate surface area is 199 Å². The number of carbonyl (C=O) groups excluding carboxylic acids is 2. The zero-order valence-corrected chi connectivity index (χ0v) is 19.1. The minimum Gasteiger partial charge on any atom is -0.480 e. The van der Waals surface area contributed by atoms with Gasteiger partial charge in [0, 0.05) is 25.4 Å². The van der Waals surface area contributed by atoms with Crippen molar-refractivity contribution in [2.75, 3.05) is 19.7 Å². The Hall–Kier alpha value is -3.35. The fourth-order valence-electron chi connectivity index (χ4n) is 5.50. The van der Waals surface area contributed by atoms with Gasteiger partial charge in [-0.05, 0) is 59.8 Å². The Morgan fingerprint density at radius 3 is 2.26 bits per heavy atom. The van der Waals surface area contributed by atoms with Crippen LogP contribution in [0.15, 0.2) is 48.5 Å². The van der Waals surface area contributed by atoms with E-state index in [0.717, 1.165) is 30.4 Å². The molecule has 2 amide bonds. The maximum absolute atomic E-state index is 12.8. The first-order valence-corrected chi connectivity index (χ1v) is 12.1. The van der Waals surface area contributed by atoms with Crippen molar-refractivity contribution in [2.24, 2.45) is 11.8 Å². The molecule has 7 heteroatoms. The number of amides is 2. The summed E-state index contributed by atoms with van der Waals surface area (Å²) in [5.41, 5.74) is 4.69. The number of alkyl carbamates (subject to hydrolysis) is 1. The Morgan fingerprint density at radius 1 is 1.00 bits per heavy atom. The van der Waals surface area contributed by atoms with E-state index in [4.69, 9.17) is 4.74 Å². The van der Waals surface area contributed by atoms with Gasteiger partial charge in [0.1, 0.15) is 12.6 Å². The van der Waals surface area contributed by atoms with Gasteiger partial charge in [0.05, 0.1) is 0 Å². The van der Waals surface area contributed by atoms with Crippen molar-refractivity contribution in [3.63, 3.8) is 0 Å². The molecule has 0 bridgehead atoms. The second-order valence-electron chi connectivity index (χ2n) is 9.59. The van der Waals surface area contributed by atoms with Gasteiger partial charge < -0.3 is 20.1 Å². The molecule has 2 fully saturated rings.